The van der Waals surface area contributed by atoms with E-state index in [-0.39, 0.29) is 5.92 Å². The summed E-state index contributed by atoms with van der Waals surface area (Å²) in [5.41, 5.74) is 3.71. The summed E-state index contributed by atoms with van der Waals surface area (Å²) in [6, 6.07) is 15.2. The predicted molar refractivity (Wildman–Crippen MR) is 140 cm³/mol. The largest absolute Gasteiger partial charge is 0.394 e. The molecule has 2 aromatic rings. The van der Waals surface area contributed by atoms with Gasteiger partial charge in [-0.3, -0.25) is 0 Å². The van der Waals surface area contributed by atoms with E-state index < -0.39 is 43.0 Å². The summed E-state index contributed by atoms with van der Waals surface area (Å²) in [5, 5.41) is 60.9. The van der Waals surface area contributed by atoms with Crippen LogP contribution in [0.4, 0.5) is 0 Å². The molecule has 0 aliphatic heterocycles. The van der Waals surface area contributed by atoms with Gasteiger partial charge >= 0.3 is 0 Å². The molecule has 6 nitrogen and oxygen atoms in total. The Hall–Kier alpha value is -1.62. The Morgan fingerprint density at radius 2 is 1.15 bits per heavy atom. The molecule has 0 aliphatic rings. The first-order valence-corrected chi connectivity index (χ1v) is 12.0. The van der Waals surface area contributed by atoms with Gasteiger partial charge in [-0.1, -0.05) is 91.0 Å². The fourth-order valence-corrected chi connectivity index (χ4v) is 4.80. The quantitative estimate of drug-likeness (QED) is 0.191. The first-order valence-electron chi connectivity index (χ1n) is 11.2. The molecule has 0 spiro atoms. The first-order chi connectivity index (χ1) is 16.0. The van der Waals surface area contributed by atoms with E-state index in [1.807, 2.05) is 69.3 Å². The van der Waals surface area contributed by atoms with Crippen molar-refractivity contribution in [2.24, 2.45) is 11.8 Å². The van der Waals surface area contributed by atoms with Gasteiger partial charge in [0.15, 0.2) is 0 Å². The molecule has 0 radical (unpaired) electrons. The highest BCUT2D eigenvalue weighted by Crippen LogP contribution is 2.30. The molecular weight excluding hydrogens is 472 g/mol. The van der Waals surface area contributed by atoms with E-state index in [1.165, 1.54) is 0 Å². The second kappa shape index (κ2) is 12.9. The zero-order valence-corrected chi connectivity index (χ0v) is 21.2. The zero-order chi connectivity index (χ0) is 25.6. The Labute approximate surface area is 211 Å². The number of aliphatic hydroxyl groups excluding tert-OH is 6. The molecule has 8 heteroatoms. The molecule has 0 saturated carbocycles. The lowest BCUT2D eigenvalue weighted by Gasteiger charge is -2.36. The third-order valence-electron chi connectivity index (χ3n) is 6.13. The molecular formula is C26H34O6S2. The number of benzene rings is 2. The molecule has 0 aromatic heterocycles. The van der Waals surface area contributed by atoms with Gasteiger partial charge in [-0.25, -0.2) is 0 Å². The van der Waals surface area contributed by atoms with Gasteiger partial charge in [-0.05, 0) is 37.3 Å². The normalized spacial score (nSPS) is 17.8. The van der Waals surface area contributed by atoms with Crippen molar-refractivity contribution in [2.45, 2.75) is 57.7 Å². The van der Waals surface area contributed by atoms with Gasteiger partial charge in [0.25, 0.3) is 0 Å². The van der Waals surface area contributed by atoms with E-state index in [9.17, 15) is 25.5 Å². The van der Waals surface area contributed by atoms with Crippen molar-refractivity contribution in [1.82, 2.24) is 0 Å². The minimum atomic E-state index is -1.91. The molecule has 3 unspecified atom stereocenters. The van der Waals surface area contributed by atoms with Gasteiger partial charge in [0.1, 0.15) is 24.4 Å². The van der Waals surface area contributed by atoms with E-state index in [0.29, 0.717) is 21.7 Å². The summed E-state index contributed by atoms with van der Waals surface area (Å²) in [5.74, 6) is -1.14. The van der Waals surface area contributed by atoms with E-state index in [0.717, 1.165) is 16.7 Å². The van der Waals surface area contributed by atoms with Crippen LogP contribution in [0.3, 0.4) is 0 Å². The summed E-state index contributed by atoms with van der Waals surface area (Å²) in [6.45, 7) is 4.97. The predicted octanol–water partition coefficient (Wildman–Crippen LogP) is 1.88. The van der Waals surface area contributed by atoms with Crippen molar-refractivity contribution in [3.63, 3.8) is 0 Å². The van der Waals surface area contributed by atoms with Crippen molar-refractivity contribution in [2.75, 3.05) is 6.61 Å². The first kappa shape index (κ1) is 28.6. The molecule has 2 aromatic carbocycles. The molecule has 0 fully saturated rings. The number of hydrogen-bond donors (Lipinski definition) is 6. The van der Waals surface area contributed by atoms with Crippen LogP contribution >= 0.6 is 24.4 Å². The van der Waals surface area contributed by atoms with E-state index in [4.69, 9.17) is 29.5 Å². The Morgan fingerprint density at radius 3 is 1.62 bits per heavy atom. The summed E-state index contributed by atoms with van der Waals surface area (Å²) < 4.78 is 0. The Kier molecular flexibility index (Phi) is 10.9. The molecule has 186 valence electrons. The lowest BCUT2D eigenvalue weighted by Crippen LogP contribution is -2.53. The van der Waals surface area contributed by atoms with Gasteiger partial charge in [0, 0.05) is 15.6 Å². The summed E-state index contributed by atoms with van der Waals surface area (Å²) in [4.78, 5) is 1.05. The molecule has 0 bridgehead atoms. The number of rotatable bonds is 12. The lowest BCUT2D eigenvalue weighted by atomic mass is 9.77. The monoisotopic (exact) mass is 506 g/mol. The molecule has 2 rings (SSSR count). The van der Waals surface area contributed by atoms with Crippen molar-refractivity contribution in [3.8, 4) is 0 Å². The third-order valence-corrected chi connectivity index (χ3v) is 7.04. The second-order valence-corrected chi connectivity index (χ2v) is 9.87. The highest BCUT2D eigenvalue weighted by atomic mass is 32.1. The van der Waals surface area contributed by atoms with Crippen LogP contribution in [-0.4, -0.2) is 77.5 Å². The Bertz CT molecular complexity index is 947. The lowest BCUT2D eigenvalue weighted by molar-refractivity contribution is -0.146. The van der Waals surface area contributed by atoms with Crippen LogP contribution < -0.4 is 0 Å². The zero-order valence-electron chi connectivity index (χ0n) is 19.6. The smallest absolute Gasteiger partial charge is 0.111 e. The van der Waals surface area contributed by atoms with Crippen molar-refractivity contribution in [3.05, 3.63) is 70.8 Å². The number of thiocarbonyl (C=S) groups is 2. The number of aliphatic hydroxyl groups is 6. The van der Waals surface area contributed by atoms with E-state index in [1.54, 1.807) is 0 Å². The van der Waals surface area contributed by atoms with Crippen molar-refractivity contribution < 1.29 is 30.6 Å². The van der Waals surface area contributed by atoms with Crippen LogP contribution in [-0.2, 0) is 0 Å². The third kappa shape index (κ3) is 7.19. The maximum Gasteiger partial charge on any atom is 0.111 e. The summed E-state index contributed by atoms with van der Waals surface area (Å²) in [7, 11) is 0. The highest BCUT2D eigenvalue weighted by Gasteiger charge is 2.41. The van der Waals surface area contributed by atoms with E-state index >= 15 is 0 Å². The topological polar surface area (TPSA) is 121 Å². The number of aryl methyl sites for hydroxylation is 2. The summed E-state index contributed by atoms with van der Waals surface area (Å²) >= 11 is 11.4. The minimum absolute atomic E-state index is 0.334. The van der Waals surface area contributed by atoms with Crippen LogP contribution in [0.15, 0.2) is 48.5 Å². The SMILES string of the molecule is Cc1ccc(C(=S)CC(C)C(C(=S)c2ccc(C)cc2)C(O)[C@@H](O)[C@@H](O)[C@H](O)[C@@H](O)CO)cc1. The molecule has 6 N–H and O–H groups in total. The molecule has 7 atom stereocenters. The van der Waals surface area contributed by atoms with Crippen LogP contribution in [0.1, 0.15) is 35.6 Å². The maximum absolute atomic E-state index is 11.1. The van der Waals surface area contributed by atoms with E-state index in [2.05, 4.69) is 0 Å². The van der Waals surface area contributed by atoms with Gasteiger partial charge in [-0.15, -0.1) is 0 Å². The molecule has 0 saturated heterocycles. The average Bonchev–Trinajstić information content (AvgIpc) is 2.82. The van der Waals surface area contributed by atoms with Gasteiger partial charge in [-0.2, -0.15) is 0 Å². The highest BCUT2D eigenvalue weighted by molar-refractivity contribution is 7.81. The molecule has 0 heterocycles. The fraction of sp³-hybridized carbons (Fsp3) is 0.462. The fourth-order valence-electron chi connectivity index (χ4n) is 3.89. The Balaban J connectivity index is 2.34. The summed E-state index contributed by atoms with van der Waals surface area (Å²) in [6.07, 6.45) is -8.45. The standard InChI is InChI=1S/C26H34O6S2/c1-14-4-8-17(9-5-14)20(33)12-16(3)21(26(34)18-10-6-15(2)7-11-18)23(30)25(32)24(31)22(29)19(28)13-27/h4-11,16,19,21-25,27-32H,12-13H2,1-3H3/t16?,19-,21?,22+,23?,24-,25+/m0/s1. The van der Waals surface area contributed by atoms with Crippen molar-refractivity contribution in [1.29, 1.82) is 0 Å². The number of hydrogen-bond acceptors (Lipinski definition) is 8. The van der Waals surface area contributed by atoms with Gasteiger partial charge in [0.2, 0.25) is 0 Å². The van der Waals surface area contributed by atoms with Crippen LogP contribution in [0.2, 0.25) is 0 Å². The second-order valence-electron chi connectivity index (χ2n) is 8.94. The van der Waals surface area contributed by atoms with Crippen LogP contribution in [0.5, 0.6) is 0 Å². The maximum atomic E-state index is 11.1. The molecule has 0 amide bonds. The van der Waals surface area contributed by atoms with Gasteiger partial charge < -0.3 is 30.6 Å². The molecule has 0 aliphatic carbocycles. The van der Waals surface area contributed by atoms with Crippen molar-refractivity contribution >= 4 is 34.2 Å². The van der Waals surface area contributed by atoms with Crippen LogP contribution in [0, 0.1) is 25.7 Å². The molecule has 34 heavy (non-hydrogen) atoms. The van der Waals surface area contributed by atoms with Gasteiger partial charge in [0.05, 0.1) is 12.7 Å². The van der Waals surface area contributed by atoms with Crippen LogP contribution in [0.25, 0.3) is 0 Å². The average molecular weight is 507 g/mol. The minimum Gasteiger partial charge on any atom is -0.394 e. The Morgan fingerprint density at radius 1 is 0.706 bits per heavy atom.